The van der Waals surface area contributed by atoms with E-state index in [0.29, 0.717) is 19.1 Å². The van der Waals surface area contributed by atoms with E-state index in [0.717, 1.165) is 16.8 Å². The lowest BCUT2D eigenvalue weighted by atomic mass is 9.98. The Hall–Kier alpha value is -1.39. The quantitative estimate of drug-likeness (QED) is 0.771. The van der Waals surface area contributed by atoms with Crippen molar-refractivity contribution in [2.75, 3.05) is 32.2 Å². The zero-order valence-corrected chi connectivity index (χ0v) is 12.2. The van der Waals surface area contributed by atoms with Crippen LogP contribution in [-0.2, 0) is 14.3 Å². The van der Waals surface area contributed by atoms with Gasteiger partial charge in [-0.3, -0.25) is 4.79 Å². The van der Waals surface area contributed by atoms with E-state index in [2.05, 4.69) is 19.2 Å². The number of methoxy groups -OCH3 is 1. The van der Waals surface area contributed by atoms with Crippen molar-refractivity contribution < 1.29 is 14.3 Å². The van der Waals surface area contributed by atoms with E-state index in [-0.39, 0.29) is 12.5 Å². The highest BCUT2D eigenvalue weighted by atomic mass is 16.5. The molecule has 1 N–H and O–H groups in total. The van der Waals surface area contributed by atoms with Crippen molar-refractivity contribution in [2.45, 2.75) is 26.7 Å². The monoisotopic (exact) mass is 265 g/mol. The third-order valence-corrected chi connectivity index (χ3v) is 2.86. The molecule has 0 heterocycles. The van der Waals surface area contributed by atoms with Crippen molar-refractivity contribution >= 4 is 11.6 Å². The molecule has 19 heavy (non-hydrogen) atoms. The number of nitrogens with one attached hydrogen (secondary N) is 1. The second-order valence-electron chi connectivity index (χ2n) is 4.79. The Morgan fingerprint density at radius 1 is 1.32 bits per heavy atom. The fourth-order valence-corrected chi connectivity index (χ4v) is 1.82. The van der Waals surface area contributed by atoms with E-state index < -0.39 is 0 Å². The molecule has 0 saturated carbocycles. The Bertz CT molecular complexity index is 416. The van der Waals surface area contributed by atoms with Crippen LogP contribution in [-0.4, -0.2) is 32.8 Å². The van der Waals surface area contributed by atoms with Crippen LogP contribution in [0.15, 0.2) is 18.2 Å². The SMILES string of the molecule is COCCOCC(=O)Nc1c(C)cccc1C(C)C. The maximum absolute atomic E-state index is 11.8. The van der Waals surface area contributed by atoms with Gasteiger partial charge in [-0.2, -0.15) is 0 Å². The van der Waals surface area contributed by atoms with Crippen LogP contribution in [0.3, 0.4) is 0 Å². The first kappa shape index (κ1) is 15.7. The van der Waals surface area contributed by atoms with Gasteiger partial charge in [-0.15, -0.1) is 0 Å². The molecule has 0 fully saturated rings. The maximum Gasteiger partial charge on any atom is 0.250 e. The van der Waals surface area contributed by atoms with E-state index in [9.17, 15) is 4.79 Å². The van der Waals surface area contributed by atoms with Gasteiger partial charge in [0, 0.05) is 12.8 Å². The molecule has 4 heteroatoms. The molecule has 0 aliphatic heterocycles. The minimum absolute atomic E-state index is 0.0508. The number of aryl methyl sites for hydroxylation is 1. The lowest BCUT2D eigenvalue weighted by Gasteiger charge is -2.16. The van der Waals surface area contributed by atoms with Crippen LogP contribution in [0, 0.1) is 6.92 Å². The first-order chi connectivity index (χ1) is 9.06. The summed E-state index contributed by atoms with van der Waals surface area (Å²) in [6, 6.07) is 6.04. The molecule has 0 aliphatic carbocycles. The molecule has 1 aromatic carbocycles. The van der Waals surface area contributed by atoms with Crippen LogP contribution in [0.2, 0.25) is 0 Å². The smallest absolute Gasteiger partial charge is 0.250 e. The predicted octanol–water partition coefficient (Wildman–Crippen LogP) is 2.72. The molecular formula is C15H23NO3. The normalized spacial score (nSPS) is 10.8. The predicted molar refractivity (Wildman–Crippen MR) is 76.6 cm³/mol. The summed E-state index contributed by atoms with van der Waals surface area (Å²) in [5, 5.41) is 2.93. The fraction of sp³-hybridized carbons (Fsp3) is 0.533. The zero-order valence-electron chi connectivity index (χ0n) is 12.2. The summed E-state index contributed by atoms with van der Waals surface area (Å²) in [4.78, 5) is 11.8. The topological polar surface area (TPSA) is 47.6 Å². The fourth-order valence-electron chi connectivity index (χ4n) is 1.82. The highest BCUT2D eigenvalue weighted by Crippen LogP contribution is 2.27. The summed E-state index contributed by atoms with van der Waals surface area (Å²) in [6.07, 6.45) is 0. The van der Waals surface area contributed by atoms with Crippen molar-refractivity contribution in [2.24, 2.45) is 0 Å². The Morgan fingerprint density at radius 2 is 2.05 bits per heavy atom. The number of para-hydroxylation sites is 1. The summed E-state index contributed by atoms with van der Waals surface area (Å²) in [6.45, 7) is 7.19. The van der Waals surface area contributed by atoms with Crippen molar-refractivity contribution in [3.63, 3.8) is 0 Å². The molecule has 0 atom stereocenters. The first-order valence-corrected chi connectivity index (χ1v) is 6.52. The number of hydrogen-bond acceptors (Lipinski definition) is 3. The van der Waals surface area contributed by atoms with Gasteiger partial charge in [0.15, 0.2) is 0 Å². The highest BCUT2D eigenvalue weighted by molar-refractivity contribution is 5.93. The molecule has 106 valence electrons. The van der Waals surface area contributed by atoms with Gasteiger partial charge < -0.3 is 14.8 Å². The summed E-state index contributed by atoms with van der Waals surface area (Å²) in [5.74, 6) is 0.233. The van der Waals surface area contributed by atoms with Gasteiger partial charge in [0.1, 0.15) is 6.61 Å². The molecule has 0 spiro atoms. The maximum atomic E-state index is 11.8. The number of carbonyl (C=O) groups is 1. The van der Waals surface area contributed by atoms with Gasteiger partial charge in [-0.1, -0.05) is 32.0 Å². The molecule has 0 aliphatic rings. The van der Waals surface area contributed by atoms with Crippen LogP contribution in [0.25, 0.3) is 0 Å². The second kappa shape index (κ2) is 7.92. The van der Waals surface area contributed by atoms with E-state index in [1.807, 2.05) is 25.1 Å². The van der Waals surface area contributed by atoms with E-state index >= 15 is 0 Å². The Balaban J connectivity index is 2.63. The molecule has 1 aromatic rings. The minimum Gasteiger partial charge on any atom is -0.382 e. The van der Waals surface area contributed by atoms with Crippen molar-refractivity contribution in [1.29, 1.82) is 0 Å². The average molecular weight is 265 g/mol. The number of carbonyl (C=O) groups excluding carboxylic acids is 1. The van der Waals surface area contributed by atoms with Crippen molar-refractivity contribution in [1.82, 2.24) is 0 Å². The highest BCUT2D eigenvalue weighted by Gasteiger charge is 2.11. The molecule has 0 aromatic heterocycles. The molecule has 0 radical (unpaired) electrons. The Morgan fingerprint density at radius 3 is 2.68 bits per heavy atom. The molecule has 1 rings (SSSR count). The average Bonchev–Trinajstić information content (AvgIpc) is 2.37. The second-order valence-corrected chi connectivity index (χ2v) is 4.79. The Kier molecular flexibility index (Phi) is 6.53. The summed E-state index contributed by atoms with van der Waals surface area (Å²) >= 11 is 0. The molecular weight excluding hydrogens is 242 g/mol. The third-order valence-electron chi connectivity index (χ3n) is 2.86. The van der Waals surface area contributed by atoms with Gasteiger partial charge >= 0.3 is 0 Å². The van der Waals surface area contributed by atoms with Crippen LogP contribution in [0.1, 0.15) is 30.9 Å². The van der Waals surface area contributed by atoms with Crippen LogP contribution in [0.4, 0.5) is 5.69 Å². The summed E-state index contributed by atoms with van der Waals surface area (Å²) in [5.41, 5.74) is 3.11. The van der Waals surface area contributed by atoms with Crippen LogP contribution in [0.5, 0.6) is 0 Å². The largest absolute Gasteiger partial charge is 0.382 e. The van der Waals surface area contributed by atoms with Crippen LogP contribution < -0.4 is 5.32 Å². The molecule has 4 nitrogen and oxygen atoms in total. The van der Waals surface area contributed by atoms with Gasteiger partial charge in [-0.25, -0.2) is 0 Å². The standard InChI is InChI=1S/C15H23NO3/c1-11(2)13-7-5-6-12(3)15(13)16-14(17)10-19-9-8-18-4/h5-7,11H,8-10H2,1-4H3,(H,16,17). The number of ether oxygens (including phenoxy) is 2. The number of amides is 1. The van der Waals surface area contributed by atoms with Crippen LogP contribution >= 0.6 is 0 Å². The first-order valence-electron chi connectivity index (χ1n) is 6.52. The molecule has 0 saturated heterocycles. The molecule has 0 unspecified atom stereocenters. The minimum atomic E-state index is -0.132. The number of hydrogen-bond donors (Lipinski definition) is 1. The number of benzene rings is 1. The zero-order chi connectivity index (χ0) is 14.3. The van der Waals surface area contributed by atoms with Gasteiger partial charge in [0.05, 0.1) is 13.2 Å². The van der Waals surface area contributed by atoms with Crippen molar-refractivity contribution in [3.8, 4) is 0 Å². The van der Waals surface area contributed by atoms with E-state index in [1.165, 1.54) is 0 Å². The number of rotatable bonds is 7. The third kappa shape index (κ3) is 5.01. The lowest BCUT2D eigenvalue weighted by Crippen LogP contribution is -2.21. The van der Waals surface area contributed by atoms with E-state index in [1.54, 1.807) is 7.11 Å². The molecule has 0 bridgehead atoms. The van der Waals surface area contributed by atoms with E-state index in [4.69, 9.17) is 9.47 Å². The van der Waals surface area contributed by atoms with Gasteiger partial charge in [0.25, 0.3) is 0 Å². The summed E-state index contributed by atoms with van der Waals surface area (Å²) in [7, 11) is 1.60. The number of anilines is 1. The lowest BCUT2D eigenvalue weighted by molar-refractivity contribution is -0.121. The Labute approximate surface area is 115 Å². The van der Waals surface area contributed by atoms with Gasteiger partial charge in [-0.05, 0) is 24.0 Å². The summed E-state index contributed by atoms with van der Waals surface area (Å²) < 4.78 is 10.1. The van der Waals surface area contributed by atoms with Crippen molar-refractivity contribution in [3.05, 3.63) is 29.3 Å². The molecule has 1 amide bonds. The van der Waals surface area contributed by atoms with Gasteiger partial charge in [0.2, 0.25) is 5.91 Å².